The molecule has 3 aromatic rings. The molecule has 1 aromatic carbocycles. The standard InChI is InChI=1S/C20H24N4O/c1-3-6-19-21-17-13-24(10-9-16(17)20(25)22-19)12-15-11-14-7-4-5-8-18(14)23(15)2/h4-5,7-8,11H,3,6,9-10,12-13H2,1-2H3,(H,21,22,25). The van der Waals surface area contributed by atoms with Crippen molar-refractivity contribution >= 4 is 10.9 Å². The van der Waals surface area contributed by atoms with E-state index in [9.17, 15) is 4.79 Å². The SMILES string of the molecule is CCCc1nc2c(c(=O)[nH]1)CCN(Cc1cc3ccccc3n1C)C2. The van der Waals surface area contributed by atoms with Gasteiger partial charge in [-0.2, -0.15) is 0 Å². The molecule has 0 unspecified atom stereocenters. The van der Waals surface area contributed by atoms with Gasteiger partial charge in [0.1, 0.15) is 5.82 Å². The first kappa shape index (κ1) is 16.1. The van der Waals surface area contributed by atoms with Crippen LogP contribution in [0.1, 0.15) is 36.1 Å². The second-order valence-corrected chi connectivity index (χ2v) is 6.90. The van der Waals surface area contributed by atoms with Crippen molar-refractivity contribution in [1.29, 1.82) is 0 Å². The van der Waals surface area contributed by atoms with Gasteiger partial charge in [0, 0.05) is 49.9 Å². The van der Waals surface area contributed by atoms with Crippen LogP contribution in [-0.2, 0) is 33.0 Å². The Morgan fingerprint density at radius 1 is 1.28 bits per heavy atom. The number of H-pyrrole nitrogens is 1. The normalized spacial score (nSPS) is 14.8. The van der Waals surface area contributed by atoms with Crippen molar-refractivity contribution in [2.24, 2.45) is 7.05 Å². The quantitative estimate of drug-likeness (QED) is 0.797. The molecule has 1 aliphatic heterocycles. The van der Waals surface area contributed by atoms with Crippen molar-refractivity contribution in [3.8, 4) is 0 Å². The first-order valence-corrected chi connectivity index (χ1v) is 9.02. The van der Waals surface area contributed by atoms with Crippen LogP contribution in [-0.4, -0.2) is 26.0 Å². The molecule has 3 heterocycles. The van der Waals surface area contributed by atoms with Gasteiger partial charge in [0.25, 0.3) is 5.56 Å². The van der Waals surface area contributed by atoms with Gasteiger partial charge in [-0.25, -0.2) is 4.98 Å². The molecule has 25 heavy (non-hydrogen) atoms. The monoisotopic (exact) mass is 336 g/mol. The van der Waals surface area contributed by atoms with Crippen molar-refractivity contribution in [3.63, 3.8) is 0 Å². The second-order valence-electron chi connectivity index (χ2n) is 6.90. The number of nitrogens with one attached hydrogen (secondary N) is 1. The number of nitrogens with zero attached hydrogens (tertiary/aromatic N) is 3. The molecule has 0 bridgehead atoms. The molecule has 0 aliphatic carbocycles. The minimum atomic E-state index is 0.0534. The number of fused-ring (bicyclic) bond motifs is 2. The fraction of sp³-hybridized carbons (Fsp3) is 0.400. The van der Waals surface area contributed by atoms with Crippen LogP contribution in [0.4, 0.5) is 0 Å². The highest BCUT2D eigenvalue weighted by Crippen LogP contribution is 2.22. The van der Waals surface area contributed by atoms with Crippen LogP contribution < -0.4 is 5.56 Å². The van der Waals surface area contributed by atoms with E-state index in [4.69, 9.17) is 4.98 Å². The molecule has 5 heteroatoms. The first-order chi connectivity index (χ1) is 12.2. The third-order valence-corrected chi connectivity index (χ3v) is 5.13. The zero-order chi connectivity index (χ0) is 17.4. The maximum Gasteiger partial charge on any atom is 0.254 e. The molecular weight excluding hydrogens is 312 g/mol. The van der Waals surface area contributed by atoms with Gasteiger partial charge in [-0.15, -0.1) is 0 Å². The number of rotatable bonds is 4. The third-order valence-electron chi connectivity index (χ3n) is 5.13. The summed E-state index contributed by atoms with van der Waals surface area (Å²) in [6, 6.07) is 10.7. The first-order valence-electron chi connectivity index (χ1n) is 9.02. The minimum absolute atomic E-state index is 0.0534. The Morgan fingerprint density at radius 3 is 2.92 bits per heavy atom. The van der Waals surface area contributed by atoms with Gasteiger partial charge in [0.05, 0.1) is 5.69 Å². The molecule has 0 fully saturated rings. The van der Waals surface area contributed by atoms with E-state index in [2.05, 4.69) is 58.8 Å². The Labute approximate surface area is 147 Å². The van der Waals surface area contributed by atoms with Crippen LogP contribution >= 0.6 is 0 Å². The molecule has 2 aromatic heterocycles. The number of aryl methyl sites for hydroxylation is 2. The van der Waals surface area contributed by atoms with Crippen molar-refractivity contribution in [2.75, 3.05) is 6.54 Å². The highest BCUT2D eigenvalue weighted by molar-refractivity contribution is 5.81. The summed E-state index contributed by atoms with van der Waals surface area (Å²) in [7, 11) is 2.12. The largest absolute Gasteiger partial charge is 0.346 e. The molecule has 0 saturated heterocycles. The Balaban J connectivity index is 1.59. The van der Waals surface area contributed by atoms with Crippen molar-refractivity contribution in [3.05, 3.63) is 63.5 Å². The minimum Gasteiger partial charge on any atom is -0.346 e. The summed E-state index contributed by atoms with van der Waals surface area (Å²) in [5.41, 5.74) is 4.43. The Morgan fingerprint density at radius 2 is 2.12 bits per heavy atom. The van der Waals surface area contributed by atoms with Gasteiger partial charge in [-0.3, -0.25) is 9.69 Å². The average molecular weight is 336 g/mol. The zero-order valence-electron chi connectivity index (χ0n) is 14.9. The number of aromatic amines is 1. The van der Waals surface area contributed by atoms with Crippen molar-refractivity contribution in [2.45, 2.75) is 39.3 Å². The van der Waals surface area contributed by atoms with E-state index < -0.39 is 0 Å². The molecule has 1 aliphatic rings. The summed E-state index contributed by atoms with van der Waals surface area (Å²) in [6.07, 6.45) is 2.58. The van der Waals surface area contributed by atoms with Gasteiger partial charge < -0.3 is 9.55 Å². The molecule has 1 N–H and O–H groups in total. The molecule has 0 spiro atoms. The Bertz CT molecular complexity index is 969. The molecule has 0 radical (unpaired) electrons. The van der Waals surface area contributed by atoms with Crippen LogP contribution in [0.3, 0.4) is 0 Å². The number of hydrogen-bond acceptors (Lipinski definition) is 3. The van der Waals surface area contributed by atoms with E-state index in [1.54, 1.807) is 0 Å². The lowest BCUT2D eigenvalue weighted by Crippen LogP contribution is -2.35. The summed E-state index contributed by atoms with van der Waals surface area (Å²) in [4.78, 5) is 22.3. The molecule has 5 nitrogen and oxygen atoms in total. The summed E-state index contributed by atoms with van der Waals surface area (Å²) in [5.74, 6) is 0.817. The maximum atomic E-state index is 12.3. The molecular formula is C20H24N4O. The fourth-order valence-electron chi connectivity index (χ4n) is 3.76. The molecule has 130 valence electrons. The highest BCUT2D eigenvalue weighted by Gasteiger charge is 2.22. The topological polar surface area (TPSA) is 53.9 Å². The summed E-state index contributed by atoms with van der Waals surface area (Å²) < 4.78 is 2.26. The predicted octanol–water partition coefficient (Wildman–Crippen LogP) is 2.77. The van der Waals surface area contributed by atoms with E-state index in [1.165, 1.54) is 16.6 Å². The van der Waals surface area contributed by atoms with E-state index in [0.29, 0.717) is 0 Å². The summed E-state index contributed by atoms with van der Waals surface area (Å²) in [6.45, 7) is 4.62. The zero-order valence-corrected chi connectivity index (χ0v) is 14.9. The average Bonchev–Trinajstić information content (AvgIpc) is 2.91. The number of aromatic nitrogens is 3. The van der Waals surface area contributed by atoms with Crippen molar-refractivity contribution < 1.29 is 0 Å². The van der Waals surface area contributed by atoms with E-state index in [-0.39, 0.29) is 5.56 Å². The fourth-order valence-corrected chi connectivity index (χ4v) is 3.76. The number of para-hydroxylation sites is 1. The molecule has 0 amide bonds. The van der Waals surface area contributed by atoms with Crippen LogP contribution in [0.25, 0.3) is 10.9 Å². The maximum absolute atomic E-state index is 12.3. The second kappa shape index (κ2) is 6.48. The Hall–Kier alpha value is -2.40. The van der Waals surface area contributed by atoms with Gasteiger partial charge in [0.15, 0.2) is 0 Å². The van der Waals surface area contributed by atoms with E-state index in [1.807, 2.05) is 0 Å². The van der Waals surface area contributed by atoms with Gasteiger partial charge in [-0.1, -0.05) is 25.1 Å². The van der Waals surface area contributed by atoms with E-state index in [0.717, 1.165) is 56.0 Å². The molecule has 0 saturated carbocycles. The molecule has 4 rings (SSSR count). The number of benzene rings is 1. The lowest BCUT2D eigenvalue weighted by atomic mass is 10.1. The lowest BCUT2D eigenvalue weighted by Gasteiger charge is -2.27. The highest BCUT2D eigenvalue weighted by atomic mass is 16.1. The van der Waals surface area contributed by atoms with Crippen LogP contribution in [0.15, 0.2) is 35.1 Å². The smallest absolute Gasteiger partial charge is 0.254 e. The molecule has 0 atom stereocenters. The number of hydrogen-bond donors (Lipinski definition) is 1. The third kappa shape index (κ3) is 3.00. The van der Waals surface area contributed by atoms with Crippen molar-refractivity contribution in [1.82, 2.24) is 19.4 Å². The lowest BCUT2D eigenvalue weighted by molar-refractivity contribution is 0.235. The Kier molecular flexibility index (Phi) is 4.17. The van der Waals surface area contributed by atoms with Crippen LogP contribution in [0.2, 0.25) is 0 Å². The van der Waals surface area contributed by atoms with Gasteiger partial charge in [-0.05, 0) is 30.4 Å². The van der Waals surface area contributed by atoms with E-state index >= 15 is 0 Å². The van der Waals surface area contributed by atoms with Crippen LogP contribution in [0, 0.1) is 0 Å². The summed E-state index contributed by atoms with van der Waals surface area (Å²) >= 11 is 0. The van der Waals surface area contributed by atoms with Gasteiger partial charge >= 0.3 is 0 Å². The summed E-state index contributed by atoms with van der Waals surface area (Å²) in [5, 5.41) is 1.28. The predicted molar refractivity (Wildman–Crippen MR) is 99.6 cm³/mol. The van der Waals surface area contributed by atoms with Crippen LogP contribution in [0.5, 0.6) is 0 Å². The van der Waals surface area contributed by atoms with Gasteiger partial charge in [0.2, 0.25) is 0 Å².